The Morgan fingerprint density at radius 1 is 1.22 bits per heavy atom. The van der Waals surface area contributed by atoms with Crippen molar-refractivity contribution in [2.45, 2.75) is 97.1 Å². The molecule has 0 radical (unpaired) electrons. The van der Waals surface area contributed by atoms with E-state index in [-0.39, 0.29) is 41.7 Å². The molecule has 0 saturated carbocycles. The fourth-order valence-corrected chi connectivity index (χ4v) is 3.84. The first-order chi connectivity index (χ1) is 15.0. The monoisotopic (exact) mass is 451 g/mol. The van der Waals surface area contributed by atoms with Gasteiger partial charge in [0.05, 0.1) is 11.6 Å². The van der Waals surface area contributed by atoms with Gasteiger partial charge in [-0.1, -0.05) is 33.6 Å². The third kappa shape index (κ3) is 8.96. The SMILES string of the molecule is CC[C@@H]1NC(=O)[C@H](CCCN=C(N)N)CC(=O)[C@](C)(NC(=O)C(C)C)CCCCCC1=O. The Balaban J connectivity index is 3.14. The highest BCUT2D eigenvalue weighted by Gasteiger charge is 2.37. The van der Waals surface area contributed by atoms with Gasteiger partial charge in [0.25, 0.3) is 0 Å². The van der Waals surface area contributed by atoms with Crippen molar-refractivity contribution in [1.82, 2.24) is 10.6 Å². The van der Waals surface area contributed by atoms with Gasteiger partial charge in [-0.25, -0.2) is 0 Å². The number of nitrogens with two attached hydrogens (primary N) is 2. The van der Waals surface area contributed by atoms with Crippen LogP contribution in [0.2, 0.25) is 0 Å². The molecule has 3 atom stereocenters. The zero-order valence-electron chi connectivity index (χ0n) is 20.0. The molecule has 9 heteroatoms. The number of hydrogen-bond donors (Lipinski definition) is 4. The van der Waals surface area contributed by atoms with Crippen LogP contribution in [0.1, 0.15) is 85.5 Å². The van der Waals surface area contributed by atoms with Crippen LogP contribution in [0.15, 0.2) is 4.99 Å². The van der Waals surface area contributed by atoms with Gasteiger partial charge in [-0.15, -0.1) is 0 Å². The number of nitrogens with zero attached hydrogens (tertiary/aromatic N) is 1. The summed E-state index contributed by atoms with van der Waals surface area (Å²) in [4.78, 5) is 55.4. The molecular formula is C23H41N5O4. The Labute approximate surface area is 191 Å². The first-order valence-electron chi connectivity index (χ1n) is 11.7. The molecule has 1 fully saturated rings. The second-order valence-electron chi connectivity index (χ2n) is 9.25. The number of carbonyl (C=O) groups is 4. The van der Waals surface area contributed by atoms with Crippen LogP contribution in [-0.2, 0) is 19.2 Å². The molecule has 1 saturated heterocycles. The highest BCUT2D eigenvalue weighted by Crippen LogP contribution is 2.24. The molecule has 182 valence electrons. The minimum absolute atomic E-state index is 0.0153. The quantitative estimate of drug-likeness (QED) is 0.261. The Morgan fingerprint density at radius 2 is 1.91 bits per heavy atom. The van der Waals surface area contributed by atoms with Crippen molar-refractivity contribution in [1.29, 1.82) is 0 Å². The Kier molecular flexibility index (Phi) is 11.4. The summed E-state index contributed by atoms with van der Waals surface area (Å²) in [6, 6.07) is -0.550. The number of ketones is 2. The summed E-state index contributed by atoms with van der Waals surface area (Å²) in [7, 11) is 0. The van der Waals surface area contributed by atoms with Crippen LogP contribution in [0.5, 0.6) is 0 Å². The first-order valence-corrected chi connectivity index (χ1v) is 11.7. The maximum atomic E-state index is 13.4. The van der Waals surface area contributed by atoms with Gasteiger partial charge in [0.15, 0.2) is 17.5 Å². The number of Topliss-reactive ketones (excluding diaryl/α,β-unsaturated/α-hetero) is 2. The minimum atomic E-state index is -1.05. The average molecular weight is 452 g/mol. The number of amides is 2. The molecule has 1 heterocycles. The van der Waals surface area contributed by atoms with Crippen LogP contribution in [0.25, 0.3) is 0 Å². The third-order valence-corrected chi connectivity index (χ3v) is 6.06. The first kappa shape index (κ1) is 27.6. The predicted molar refractivity (Wildman–Crippen MR) is 125 cm³/mol. The maximum Gasteiger partial charge on any atom is 0.224 e. The Bertz CT molecular complexity index is 703. The van der Waals surface area contributed by atoms with Crippen LogP contribution < -0.4 is 22.1 Å². The molecule has 0 bridgehead atoms. The van der Waals surface area contributed by atoms with E-state index >= 15 is 0 Å². The Hall–Kier alpha value is -2.45. The van der Waals surface area contributed by atoms with Crippen molar-refractivity contribution in [3.05, 3.63) is 0 Å². The fourth-order valence-electron chi connectivity index (χ4n) is 3.84. The lowest BCUT2D eigenvalue weighted by Gasteiger charge is -2.32. The molecule has 1 rings (SSSR count). The van der Waals surface area contributed by atoms with E-state index in [1.807, 2.05) is 6.92 Å². The van der Waals surface area contributed by atoms with Crippen molar-refractivity contribution >= 4 is 29.3 Å². The standard InChI is InChI=1S/C23H41N5O4/c1-5-17-18(29)11-7-6-8-12-23(4,28-20(31)15(2)3)19(30)14-16(21(32)27-17)10-9-13-26-22(24)25/h15-17H,5-14H2,1-4H3,(H,27,32)(H,28,31)(H4,24,25,26)/t16-,17+,23-/m1/s1. The van der Waals surface area contributed by atoms with Gasteiger partial charge in [0.2, 0.25) is 11.8 Å². The van der Waals surface area contributed by atoms with Crippen molar-refractivity contribution in [3.63, 3.8) is 0 Å². The number of aliphatic imine (C=N–C) groups is 1. The molecule has 9 nitrogen and oxygen atoms in total. The molecule has 2 amide bonds. The molecule has 0 aromatic carbocycles. The molecule has 6 N–H and O–H groups in total. The smallest absolute Gasteiger partial charge is 0.224 e. The lowest BCUT2D eigenvalue weighted by molar-refractivity contribution is -0.136. The van der Waals surface area contributed by atoms with Crippen LogP contribution >= 0.6 is 0 Å². The van der Waals surface area contributed by atoms with E-state index in [4.69, 9.17) is 11.5 Å². The second-order valence-corrected chi connectivity index (χ2v) is 9.25. The zero-order valence-corrected chi connectivity index (χ0v) is 20.0. The molecule has 0 aromatic rings. The zero-order chi connectivity index (χ0) is 24.3. The van der Waals surface area contributed by atoms with Gasteiger partial charge in [-0.05, 0) is 39.0 Å². The topological polar surface area (TPSA) is 157 Å². The van der Waals surface area contributed by atoms with Crippen molar-refractivity contribution < 1.29 is 19.2 Å². The summed E-state index contributed by atoms with van der Waals surface area (Å²) in [5.74, 6) is -1.59. The lowest BCUT2D eigenvalue weighted by atomic mass is 9.83. The number of hydrogen-bond acceptors (Lipinski definition) is 5. The van der Waals surface area contributed by atoms with Crippen LogP contribution in [0.4, 0.5) is 0 Å². The third-order valence-electron chi connectivity index (χ3n) is 6.06. The average Bonchev–Trinajstić information content (AvgIpc) is 2.72. The van der Waals surface area contributed by atoms with Gasteiger partial charge >= 0.3 is 0 Å². The normalized spacial score (nSPS) is 25.8. The maximum absolute atomic E-state index is 13.4. The van der Waals surface area contributed by atoms with E-state index < -0.39 is 17.5 Å². The van der Waals surface area contributed by atoms with Gasteiger partial charge < -0.3 is 22.1 Å². The summed E-state index contributed by atoms with van der Waals surface area (Å²) in [5.41, 5.74) is 9.68. The highest BCUT2D eigenvalue weighted by molar-refractivity contribution is 5.96. The summed E-state index contributed by atoms with van der Waals surface area (Å²) in [6.45, 7) is 7.50. The number of rotatable bonds is 7. The number of carbonyl (C=O) groups excluding carboxylic acids is 4. The summed E-state index contributed by atoms with van der Waals surface area (Å²) < 4.78 is 0. The lowest BCUT2D eigenvalue weighted by Crippen LogP contribution is -2.54. The molecule has 0 spiro atoms. The van der Waals surface area contributed by atoms with E-state index in [1.54, 1.807) is 20.8 Å². The molecular weight excluding hydrogens is 410 g/mol. The molecule has 1 aliphatic heterocycles. The molecule has 0 aromatic heterocycles. The van der Waals surface area contributed by atoms with E-state index in [0.29, 0.717) is 51.5 Å². The van der Waals surface area contributed by atoms with Gasteiger partial charge in [-0.2, -0.15) is 0 Å². The van der Waals surface area contributed by atoms with Crippen molar-refractivity contribution in [3.8, 4) is 0 Å². The van der Waals surface area contributed by atoms with E-state index in [2.05, 4.69) is 15.6 Å². The molecule has 0 unspecified atom stereocenters. The van der Waals surface area contributed by atoms with Crippen molar-refractivity contribution in [2.75, 3.05) is 6.54 Å². The highest BCUT2D eigenvalue weighted by atomic mass is 16.2. The summed E-state index contributed by atoms with van der Waals surface area (Å²) >= 11 is 0. The van der Waals surface area contributed by atoms with Crippen LogP contribution in [0.3, 0.4) is 0 Å². The molecule has 0 aliphatic carbocycles. The van der Waals surface area contributed by atoms with Gasteiger partial charge in [0, 0.05) is 31.2 Å². The van der Waals surface area contributed by atoms with E-state index in [1.165, 1.54) is 0 Å². The van der Waals surface area contributed by atoms with Gasteiger partial charge in [0.1, 0.15) is 0 Å². The van der Waals surface area contributed by atoms with Crippen LogP contribution in [-0.4, -0.2) is 47.5 Å². The summed E-state index contributed by atoms with van der Waals surface area (Å²) in [5, 5.41) is 5.76. The van der Waals surface area contributed by atoms with E-state index in [9.17, 15) is 19.2 Å². The predicted octanol–water partition coefficient (Wildman–Crippen LogP) is 1.57. The number of guanidine groups is 1. The minimum Gasteiger partial charge on any atom is -0.370 e. The molecule has 1 aliphatic rings. The summed E-state index contributed by atoms with van der Waals surface area (Å²) in [6.07, 6.45) is 4.43. The van der Waals surface area contributed by atoms with Gasteiger partial charge in [-0.3, -0.25) is 24.2 Å². The fraction of sp³-hybridized carbons (Fsp3) is 0.783. The Morgan fingerprint density at radius 3 is 2.50 bits per heavy atom. The number of nitrogens with one attached hydrogen (secondary N) is 2. The molecule has 32 heavy (non-hydrogen) atoms. The largest absolute Gasteiger partial charge is 0.370 e. The van der Waals surface area contributed by atoms with E-state index in [0.717, 1.165) is 6.42 Å². The van der Waals surface area contributed by atoms with Crippen molar-refractivity contribution in [2.24, 2.45) is 28.3 Å². The van der Waals surface area contributed by atoms with Crippen LogP contribution in [0, 0.1) is 11.8 Å². The second kappa shape index (κ2) is 13.2.